The Balaban J connectivity index is 1.95. The zero-order valence-corrected chi connectivity index (χ0v) is 11.2. The molecular formula is C13H17N5O. The van der Waals surface area contributed by atoms with Crippen LogP contribution in [0.15, 0.2) is 23.6 Å². The van der Waals surface area contributed by atoms with Crippen LogP contribution in [-0.2, 0) is 11.8 Å². The zero-order chi connectivity index (χ0) is 13.2. The highest BCUT2D eigenvalue weighted by Gasteiger charge is 2.12. The van der Waals surface area contributed by atoms with E-state index in [9.17, 15) is 0 Å². The molecule has 0 saturated carbocycles. The first-order chi connectivity index (χ1) is 9.25. The highest BCUT2D eigenvalue weighted by Crippen LogP contribution is 2.22. The van der Waals surface area contributed by atoms with Gasteiger partial charge in [0.05, 0.1) is 25.2 Å². The summed E-state index contributed by atoms with van der Waals surface area (Å²) in [5.74, 6) is 1.00. The Bertz CT molecular complexity index is 613. The summed E-state index contributed by atoms with van der Waals surface area (Å²) in [6.45, 7) is 5.35. The maximum atomic E-state index is 5.35. The van der Waals surface area contributed by atoms with E-state index in [-0.39, 0.29) is 0 Å². The van der Waals surface area contributed by atoms with E-state index in [4.69, 9.17) is 9.73 Å². The molecule has 1 aliphatic rings. The van der Waals surface area contributed by atoms with Crippen molar-refractivity contribution in [2.45, 2.75) is 6.92 Å². The van der Waals surface area contributed by atoms with Gasteiger partial charge in [0.25, 0.3) is 0 Å². The van der Waals surface area contributed by atoms with Gasteiger partial charge in [-0.3, -0.25) is 0 Å². The Morgan fingerprint density at radius 2 is 2.11 bits per heavy atom. The number of amidine groups is 1. The summed E-state index contributed by atoms with van der Waals surface area (Å²) in [5.41, 5.74) is 2.57. The fraction of sp³-hybridized carbons (Fsp3) is 0.462. The number of nitrogens with zero attached hydrogens (tertiary/aromatic N) is 5. The summed E-state index contributed by atoms with van der Waals surface area (Å²) >= 11 is 0. The Labute approximate surface area is 111 Å². The minimum Gasteiger partial charge on any atom is -0.378 e. The molecule has 3 heterocycles. The Morgan fingerprint density at radius 3 is 2.89 bits per heavy atom. The number of rotatable bonds is 1. The number of imidazole rings is 1. The first kappa shape index (κ1) is 12.1. The van der Waals surface area contributed by atoms with Crippen LogP contribution in [0.25, 0.3) is 11.2 Å². The van der Waals surface area contributed by atoms with Crippen LogP contribution in [0.3, 0.4) is 0 Å². The van der Waals surface area contributed by atoms with E-state index >= 15 is 0 Å². The van der Waals surface area contributed by atoms with Crippen LogP contribution in [0.4, 0.5) is 5.69 Å². The standard InChI is InChI=1S/C13H17N5O/c1-10(18-5-7-19-8-6-18)16-11-3-4-14-13-12(11)15-9-17(13)2/h3-4,9H,5-8H2,1-2H3/b16-10-. The normalized spacial score (nSPS) is 17.2. The van der Waals surface area contributed by atoms with Crippen molar-refractivity contribution in [1.82, 2.24) is 19.4 Å². The van der Waals surface area contributed by atoms with E-state index in [0.717, 1.165) is 49.0 Å². The van der Waals surface area contributed by atoms with Gasteiger partial charge in [-0.1, -0.05) is 0 Å². The molecule has 0 spiro atoms. The molecule has 6 nitrogen and oxygen atoms in total. The van der Waals surface area contributed by atoms with E-state index in [1.165, 1.54) is 0 Å². The molecule has 0 radical (unpaired) electrons. The summed E-state index contributed by atoms with van der Waals surface area (Å²) in [4.78, 5) is 15.6. The Kier molecular flexibility index (Phi) is 3.16. The van der Waals surface area contributed by atoms with Gasteiger partial charge >= 0.3 is 0 Å². The molecule has 0 aromatic carbocycles. The van der Waals surface area contributed by atoms with Crippen molar-refractivity contribution in [3.8, 4) is 0 Å². The number of morpholine rings is 1. The van der Waals surface area contributed by atoms with Crippen LogP contribution in [-0.4, -0.2) is 51.6 Å². The first-order valence-electron chi connectivity index (χ1n) is 6.40. The number of hydrogen-bond donors (Lipinski definition) is 0. The second-order valence-corrected chi connectivity index (χ2v) is 4.62. The van der Waals surface area contributed by atoms with E-state index in [1.54, 1.807) is 12.5 Å². The molecule has 0 bridgehead atoms. The topological polar surface area (TPSA) is 55.5 Å². The molecular weight excluding hydrogens is 242 g/mol. The Morgan fingerprint density at radius 1 is 1.32 bits per heavy atom. The van der Waals surface area contributed by atoms with Gasteiger partial charge in [0.2, 0.25) is 0 Å². The third-order valence-corrected chi connectivity index (χ3v) is 3.33. The van der Waals surface area contributed by atoms with Gasteiger partial charge in [-0.2, -0.15) is 0 Å². The lowest BCUT2D eigenvalue weighted by molar-refractivity contribution is 0.0678. The van der Waals surface area contributed by atoms with Gasteiger partial charge in [-0.25, -0.2) is 15.0 Å². The molecule has 19 heavy (non-hydrogen) atoms. The molecule has 0 aliphatic carbocycles. The van der Waals surface area contributed by atoms with Crippen molar-refractivity contribution in [2.24, 2.45) is 12.0 Å². The molecule has 0 unspecified atom stereocenters. The fourth-order valence-electron chi connectivity index (χ4n) is 2.24. The minimum atomic E-state index is 0.766. The molecule has 6 heteroatoms. The van der Waals surface area contributed by atoms with Crippen LogP contribution in [0.1, 0.15) is 6.92 Å². The third-order valence-electron chi connectivity index (χ3n) is 3.33. The number of ether oxygens (including phenoxy) is 1. The molecule has 1 saturated heterocycles. The van der Waals surface area contributed by atoms with Crippen molar-refractivity contribution in [3.63, 3.8) is 0 Å². The highest BCUT2D eigenvalue weighted by atomic mass is 16.5. The Hall–Kier alpha value is -1.95. The molecule has 3 rings (SSSR count). The van der Waals surface area contributed by atoms with Crippen molar-refractivity contribution in [3.05, 3.63) is 18.6 Å². The average Bonchev–Trinajstić information content (AvgIpc) is 2.83. The third kappa shape index (κ3) is 2.31. The van der Waals surface area contributed by atoms with Crippen LogP contribution >= 0.6 is 0 Å². The van der Waals surface area contributed by atoms with E-state index in [1.807, 2.05) is 24.6 Å². The van der Waals surface area contributed by atoms with Crippen LogP contribution in [0.5, 0.6) is 0 Å². The SMILES string of the molecule is C/C(=N/c1ccnc2c1ncn2C)N1CCOCC1. The quantitative estimate of drug-likeness (QED) is 0.573. The number of aryl methyl sites for hydroxylation is 1. The highest BCUT2D eigenvalue weighted by molar-refractivity contribution is 5.90. The van der Waals surface area contributed by atoms with Gasteiger partial charge < -0.3 is 14.2 Å². The first-order valence-corrected chi connectivity index (χ1v) is 6.40. The summed E-state index contributed by atoms with van der Waals surface area (Å²) < 4.78 is 7.25. The van der Waals surface area contributed by atoms with Crippen molar-refractivity contribution < 1.29 is 4.74 Å². The van der Waals surface area contributed by atoms with E-state index in [0.29, 0.717) is 0 Å². The van der Waals surface area contributed by atoms with Crippen LogP contribution < -0.4 is 0 Å². The predicted octanol–water partition coefficient (Wildman–Crippen LogP) is 1.35. The minimum absolute atomic E-state index is 0.766. The molecule has 1 aliphatic heterocycles. The second kappa shape index (κ2) is 4.97. The summed E-state index contributed by atoms with van der Waals surface area (Å²) in [6, 6.07) is 1.90. The summed E-state index contributed by atoms with van der Waals surface area (Å²) in [5, 5.41) is 0. The monoisotopic (exact) mass is 259 g/mol. The number of fused-ring (bicyclic) bond motifs is 1. The lowest BCUT2D eigenvalue weighted by Crippen LogP contribution is -2.39. The van der Waals surface area contributed by atoms with Gasteiger partial charge in [0.15, 0.2) is 5.65 Å². The number of pyridine rings is 1. The summed E-state index contributed by atoms with van der Waals surface area (Å²) in [7, 11) is 1.94. The van der Waals surface area contributed by atoms with Gasteiger partial charge in [-0.05, 0) is 13.0 Å². The molecule has 0 N–H and O–H groups in total. The second-order valence-electron chi connectivity index (χ2n) is 4.62. The molecule has 1 fully saturated rings. The van der Waals surface area contributed by atoms with Crippen molar-refractivity contribution in [1.29, 1.82) is 0 Å². The molecule has 100 valence electrons. The average molecular weight is 259 g/mol. The van der Waals surface area contributed by atoms with E-state index < -0.39 is 0 Å². The van der Waals surface area contributed by atoms with Gasteiger partial charge in [0, 0.05) is 26.3 Å². The van der Waals surface area contributed by atoms with Crippen LogP contribution in [0, 0.1) is 0 Å². The van der Waals surface area contributed by atoms with Crippen molar-refractivity contribution in [2.75, 3.05) is 26.3 Å². The number of aliphatic imine (C=N–C) groups is 1. The lowest BCUT2D eigenvalue weighted by Gasteiger charge is -2.28. The van der Waals surface area contributed by atoms with Crippen molar-refractivity contribution >= 4 is 22.7 Å². The smallest absolute Gasteiger partial charge is 0.161 e. The molecule has 2 aromatic rings. The molecule has 2 aromatic heterocycles. The van der Waals surface area contributed by atoms with Gasteiger partial charge in [0.1, 0.15) is 11.4 Å². The van der Waals surface area contributed by atoms with E-state index in [2.05, 4.69) is 14.9 Å². The number of hydrogen-bond acceptors (Lipinski definition) is 4. The van der Waals surface area contributed by atoms with Gasteiger partial charge in [-0.15, -0.1) is 0 Å². The van der Waals surface area contributed by atoms with Crippen LogP contribution in [0.2, 0.25) is 0 Å². The predicted molar refractivity (Wildman–Crippen MR) is 73.7 cm³/mol. The number of aromatic nitrogens is 3. The summed E-state index contributed by atoms with van der Waals surface area (Å²) in [6.07, 6.45) is 3.54. The largest absolute Gasteiger partial charge is 0.378 e. The maximum absolute atomic E-state index is 5.35. The maximum Gasteiger partial charge on any atom is 0.161 e. The molecule has 0 amide bonds. The lowest BCUT2D eigenvalue weighted by atomic mass is 10.3. The fourth-order valence-corrected chi connectivity index (χ4v) is 2.24. The zero-order valence-electron chi connectivity index (χ0n) is 11.2. The molecule has 0 atom stereocenters.